The molecule has 1 aromatic heterocycles. The molecule has 0 radical (unpaired) electrons. The van der Waals surface area contributed by atoms with E-state index in [-0.39, 0.29) is 11.2 Å². The highest BCUT2D eigenvalue weighted by molar-refractivity contribution is 8.00. The number of aromatic nitrogens is 3. The zero-order chi connectivity index (χ0) is 16.1. The zero-order valence-corrected chi connectivity index (χ0v) is 13.9. The molecule has 0 saturated heterocycles. The molecular formula is C16H20N4OS. The summed E-state index contributed by atoms with van der Waals surface area (Å²) in [6.45, 7) is 10.0. The third-order valence-corrected chi connectivity index (χ3v) is 4.26. The molecule has 0 aliphatic rings. The van der Waals surface area contributed by atoms with E-state index in [1.165, 1.54) is 17.3 Å². The molecule has 0 bridgehead atoms. The van der Waals surface area contributed by atoms with Gasteiger partial charge in [-0.25, -0.2) is 0 Å². The van der Waals surface area contributed by atoms with Gasteiger partial charge >= 0.3 is 0 Å². The fourth-order valence-corrected chi connectivity index (χ4v) is 2.93. The summed E-state index contributed by atoms with van der Waals surface area (Å²) in [5.41, 5.74) is 3.38. The van der Waals surface area contributed by atoms with Crippen LogP contribution in [-0.2, 0) is 4.79 Å². The van der Waals surface area contributed by atoms with Gasteiger partial charge in [0.2, 0.25) is 5.91 Å². The number of hydrogen-bond acceptors (Lipinski definition) is 4. The van der Waals surface area contributed by atoms with Gasteiger partial charge in [0.15, 0.2) is 5.16 Å². The van der Waals surface area contributed by atoms with Crippen LogP contribution in [-0.4, -0.2) is 32.5 Å². The van der Waals surface area contributed by atoms with Gasteiger partial charge in [-0.2, -0.15) is 0 Å². The summed E-state index contributed by atoms with van der Waals surface area (Å²) < 4.78 is 1.91. The lowest BCUT2D eigenvalue weighted by Gasteiger charge is -2.13. The summed E-state index contributed by atoms with van der Waals surface area (Å²) in [4.78, 5) is 12.0. The summed E-state index contributed by atoms with van der Waals surface area (Å²) in [6.07, 6.45) is 3.34. The van der Waals surface area contributed by atoms with E-state index in [1.807, 2.05) is 17.6 Å². The average Bonchev–Trinajstić information content (AvgIpc) is 2.92. The van der Waals surface area contributed by atoms with Crippen molar-refractivity contribution in [3.63, 3.8) is 0 Å². The molecule has 6 heteroatoms. The molecule has 0 saturated carbocycles. The normalized spacial score (nSPS) is 12.0. The molecule has 2 rings (SSSR count). The van der Waals surface area contributed by atoms with Crippen LogP contribution >= 0.6 is 11.8 Å². The van der Waals surface area contributed by atoms with E-state index < -0.39 is 0 Å². The van der Waals surface area contributed by atoms with Crippen molar-refractivity contribution in [2.45, 2.75) is 31.2 Å². The van der Waals surface area contributed by atoms with Crippen LogP contribution in [0.1, 0.15) is 18.1 Å². The van der Waals surface area contributed by atoms with Crippen molar-refractivity contribution in [1.29, 1.82) is 0 Å². The number of hydrogen-bond donors (Lipinski definition) is 1. The van der Waals surface area contributed by atoms with Crippen LogP contribution in [0.4, 0.5) is 0 Å². The zero-order valence-electron chi connectivity index (χ0n) is 13.0. The van der Waals surface area contributed by atoms with E-state index in [0.29, 0.717) is 11.7 Å². The van der Waals surface area contributed by atoms with Crippen molar-refractivity contribution in [3.8, 4) is 5.69 Å². The highest BCUT2D eigenvalue weighted by atomic mass is 32.2. The molecule has 2 aromatic rings. The van der Waals surface area contributed by atoms with E-state index in [1.54, 1.807) is 12.4 Å². The van der Waals surface area contributed by atoms with Gasteiger partial charge in [-0.05, 0) is 32.4 Å². The summed E-state index contributed by atoms with van der Waals surface area (Å²) in [5, 5.41) is 11.3. The fourth-order valence-electron chi connectivity index (χ4n) is 2.07. The van der Waals surface area contributed by atoms with E-state index in [9.17, 15) is 4.79 Å². The van der Waals surface area contributed by atoms with Gasteiger partial charge < -0.3 is 5.32 Å². The molecule has 1 unspecified atom stereocenters. The average molecular weight is 316 g/mol. The number of carbonyl (C=O) groups excluding carboxylic acids is 1. The minimum Gasteiger partial charge on any atom is -0.352 e. The second-order valence-electron chi connectivity index (χ2n) is 5.07. The maximum Gasteiger partial charge on any atom is 0.233 e. The van der Waals surface area contributed by atoms with Crippen LogP contribution in [0.3, 0.4) is 0 Å². The van der Waals surface area contributed by atoms with Crippen molar-refractivity contribution in [1.82, 2.24) is 20.1 Å². The van der Waals surface area contributed by atoms with Crippen LogP contribution in [0.2, 0.25) is 0 Å². The Morgan fingerprint density at radius 2 is 2.27 bits per heavy atom. The molecule has 1 atom stereocenters. The molecule has 1 amide bonds. The van der Waals surface area contributed by atoms with Crippen LogP contribution in [0, 0.1) is 13.8 Å². The molecule has 0 aliphatic heterocycles. The lowest BCUT2D eigenvalue weighted by Crippen LogP contribution is -2.31. The number of amides is 1. The maximum atomic E-state index is 12.0. The molecule has 1 heterocycles. The first-order valence-electron chi connectivity index (χ1n) is 7.06. The van der Waals surface area contributed by atoms with E-state index in [4.69, 9.17) is 0 Å². The number of benzene rings is 1. The molecule has 116 valence electrons. The minimum atomic E-state index is -0.256. The van der Waals surface area contributed by atoms with Crippen molar-refractivity contribution >= 4 is 17.7 Å². The van der Waals surface area contributed by atoms with Crippen molar-refractivity contribution < 1.29 is 4.79 Å². The molecule has 5 nitrogen and oxygen atoms in total. The molecule has 22 heavy (non-hydrogen) atoms. The van der Waals surface area contributed by atoms with Gasteiger partial charge in [0, 0.05) is 6.54 Å². The van der Waals surface area contributed by atoms with Crippen molar-refractivity contribution in [2.24, 2.45) is 0 Å². The lowest BCUT2D eigenvalue weighted by atomic mass is 10.1. The number of carbonyl (C=O) groups is 1. The fraction of sp³-hybridized carbons (Fsp3) is 0.312. The first-order chi connectivity index (χ1) is 10.5. The van der Waals surface area contributed by atoms with Crippen LogP contribution < -0.4 is 5.32 Å². The standard InChI is InChI=1S/C16H20N4OS/c1-5-8-17-15(21)13(4)22-16-19-18-10-20(16)14-7-6-11(2)9-12(14)3/h5-7,9-10,13H,1,8H2,2-4H3,(H,17,21). The Bertz CT molecular complexity index is 681. The van der Waals surface area contributed by atoms with Gasteiger partial charge in [0.25, 0.3) is 0 Å². The highest BCUT2D eigenvalue weighted by Crippen LogP contribution is 2.25. The molecule has 0 aliphatic carbocycles. The molecule has 0 fully saturated rings. The Kier molecular flexibility index (Phi) is 5.38. The molecule has 1 N–H and O–H groups in total. The van der Waals surface area contributed by atoms with E-state index in [0.717, 1.165) is 11.3 Å². The van der Waals surface area contributed by atoms with Gasteiger partial charge in [-0.15, -0.1) is 16.8 Å². The minimum absolute atomic E-state index is 0.0416. The quantitative estimate of drug-likeness (QED) is 0.657. The van der Waals surface area contributed by atoms with Gasteiger partial charge in [-0.3, -0.25) is 9.36 Å². The topological polar surface area (TPSA) is 59.8 Å². The molecular weight excluding hydrogens is 296 g/mol. The highest BCUT2D eigenvalue weighted by Gasteiger charge is 2.18. The predicted molar refractivity (Wildman–Crippen MR) is 89.4 cm³/mol. The van der Waals surface area contributed by atoms with Crippen LogP contribution in [0.5, 0.6) is 0 Å². The monoisotopic (exact) mass is 316 g/mol. The second-order valence-corrected chi connectivity index (χ2v) is 6.38. The predicted octanol–water partition coefficient (Wildman–Crippen LogP) is 2.67. The summed E-state index contributed by atoms with van der Waals surface area (Å²) >= 11 is 1.39. The lowest BCUT2D eigenvalue weighted by molar-refractivity contribution is -0.120. The van der Waals surface area contributed by atoms with E-state index >= 15 is 0 Å². The Hall–Kier alpha value is -2.08. The number of rotatable bonds is 6. The first-order valence-corrected chi connectivity index (χ1v) is 7.93. The van der Waals surface area contributed by atoms with Crippen LogP contribution in [0.15, 0.2) is 42.3 Å². The second kappa shape index (κ2) is 7.26. The third-order valence-electron chi connectivity index (χ3n) is 3.20. The SMILES string of the molecule is C=CCNC(=O)C(C)Sc1nncn1-c1ccc(C)cc1C. The number of nitrogens with zero attached hydrogens (tertiary/aromatic N) is 3. The maximum absolute atomic E-state index is 12.0. The largest absolute Gasteiger partial charge is 0.352 e. The Morgan fingerprint density at radius 3 is 2.95 bits per heavy atom. The van der Waals surface area contributed by atoms with Gasteiger partial charge in [0.05, 0.1) is 10.9 Å². The third kappa shape index (κ3) is 3.76. The molecule has 1 aromatic carbocycles. The van der Waals surface area contributed by atoms with Gasteiger partial charge in [0.1, 0.15) is 6.33 Å². The number of thioether (sulfide) groups is 1. The Morgan fingerprint density at radius 1 is 1.50 bits per heavy atom. The van der Waals surface area contributed by atoms with Crippen molar-refractivity contribution in [3.05, 3.63) is 48.3 Å². The summed E-state index contributed by atoms with van der Waals surface area (Å²) in [7, 11) is 0. The van der Waals surface area contributed by atoms with Crippen LogP contribution in [0.25, 0.3) is 5.69 Å². The summed E-state index contributed by atoms with van der Waals surface area (Å²) in [6, 6.07) is 6.21. The van der Waals surface area contributed by atoms with Gasteiger partial charge in [-0.1, -0.05) is 35.5 Å². The Labute approximate surface area is 134 Å². The summed E-state index contributed by atoms with van der Waals surface area (Å²) in [5.74, 6) is -0.0416. The van der Waals surface area contributed by atoms with E-state index in [2.05, 4.69) is 48.1 Å². The number of nitrogens with one attached hydrogen (secondary N) is 1. The smallest absolute Gasteiger partial charge is 0.233 e. The number of aryl methyl sites for hydroxylation is 2. The first kappa shape index (κ1) is 16.3. The van der Waals surface area contributed by atoms with Crippen molar-refractivity contribution in [2.75, 3.05) is 6.54 Å². The Balaban J connectivity index is 2.19. The molecule has 0 spiro atoms.